The van der Waals surface area contributed by atoms with Crippen LogP contribution in [0.4, 0.5) is 5.82 Å². The molecular weight excluding hydrogens is 239 g/mol. The lowest BCUT2D eigenvalue weighted by atomic mass is 9.74. The summed E-state index contributed by atoms with van der Waals surface area (Å²) in [4.78, 5) is 4.18. The zero-order valence-corrected chi connectivity index (χ0v) is 12.7. The van der Waals surface area contributed by atoms with E-state index in [1.165, 1.54) is 0 Å². The Morgan fingerprint density at radius 1 is 1.16 bits per heavy atom. The van der Waals surface area contributed by atoms with Crippen LogP contribution >= 0.6 is 0 Å². The highest BCUT2D eigenvalue weighted by atomic mass is 16.7. The molecule has 5 heteroatoms. The van der Waals surface area contributed by atoms with E-state index in [-0.39, 0.29) is 18.3 Å². The monoisotopic (exact) mass is 262 g/mol. The highest BCUT2D eigenvalue weighted by Gasteiger charge is 2.52. The number of nitrogen functional groups attached to an aromatic ring is 1. The SMILES string of the molecule is CC(C)c1cc(N)ncc1B1OC(C)(C)C(C)(C)O1. The number of hydrogen-bond donors (Lipinski definition) is 1. The summed E-state index contributed by atoms with van der Waals surface area (Å²) >= 11 is 0. The van der Waals surface area contributed by atoms with Crippen molar-refractivity contribution in [2.45, 2.75) is 58.7 Å². The van der Waals surface area contributed by atoms with E-state index < -0.39 is 0 Å². The van der Waals surface area contributed by atoms with Gasteiger partial charge in [-0.3, -0.25) is 0 Å². The minimum absolute atomic E-state index is 0.340. The summed E-state index contributed by atoms with van der Waals surface area (Å²) < 4.78 is 12.2. The van der Waals surface area contributed by atoms with Gasteiger partial charge >= 0.3 is 7.12 Å². The van der Waals surface area contributed by atoms with Crippen molar-refractivity contribution in [1.29, 1.82) is 0 Å². The van der Waals surface area contributed by atoms with Crippen molar-refractivity contribution in [2.75, 3.05) is 5.73 Å². The molecule has 104 valence electrons. The fourth-order valence-electron chi connectivity index (χ4n) is 2.17. The molecule has 0 radical (unpaired) electrons. The molecule has 0 bridgehead atoms. The maximum Gasteiger partial charge on any atom is 0.496 e. The fraction of sp³-hybridized carbons (Fsp3) is 0.643. The van der Waals surface area contributed by atoms with Gasteiger partial charge in [0.25, 0.3) is 0 Å². The van der Waals surface area contributed by atoms with Crippen LogP contribution in [0.15, 0.2) is 12.3 Å². The highest BCUT2D eigenvalue weighted by molar-refractivity contribution is 6.62. The van der Waals surface area contributed by atoms with Crippen LogP contribution in [0.1, 0.15) is 53.0 Å². The lowest BCUT2D eigenvalue weighted by Gasteiger charge is -2.32. The van der Waals surface area contributed by atoms with E-state index in [0.29, 0.717) is 11.7 Å². The third-order valence-electron chi connectivity index (χ3n) is 4.12. The topological polar surface area (TPSA) is 57.4 Å². The first-order valence-electron chi connectivity index (χ1n) is 6.75. The van der Waals surface area contributed by atoms with Crippen molar-refractivity contribution < 1.29 is 9.31 Å². The van der Waals surface area contributed by atoms with E-state index in [0.717, 1.165) is 11.0 Å². The van der Waals surface area contributed by atoms with E-state index in [1.807, 2.05) is 33.8 Å². The van der Waals surface area contributed by atoms with Crippen LogP contribution in [0, 0.1) is 0 Å². The van der Waals surface area contributed by atoms with Gasteiger partial charge in [-0.25, -0.2) is 4.98 Å². The largest absolute Gasteiger partial charge is 0.496 e. The number of nitrogens with two attached hydrogens (primary N) is 1. The van der Waals surface area contributed by atoms with Gasteiger partial charge in [0.05, 0.1) is 11.2 Å². The maximum absolute atomic E-state index is 6.08. The molecule has 0 amide bonds. The molecule has 1 saturated heterocycles. The zero-order valence-electron chi connectivity index (χ0n) is 12.7. The molecule has 1 fully saturated rings. The summed E-state index contributed by atoms with van der Waals surface area (Å²) in [5.74, 6) is 0.878. The molecule has 0 unspecified atom stereocenters. The number of pyridine rings is 1. The van der Waals surface area contributed by atoms with Crippen LogP contribution in [0.25, 0.3) is 0 Å². The van der Waals surface area contributed by atoms with Crippen molar-refractivity contribution >= 4 is 18.4 Å². The Hall–Kier alpha value is -1.07. The molecule has 1 aliphatic heterocycles. The lowest BCUT2D eigenvalue weighted by Crippen LogP contribution is -2.41. The van der Waals surface area contributed by atoms with Gasteiger partial charge in [0.15, 0.2) is 0 Å². The maximum atomic E-state index is 6.08. The average Bonchev–Trinajstić information content (AvgIpc) is 2.47. The molecule has 2 rings (SSSR count). The van der Waals surface area contributed by atoms with Crippen molar-refractivity contribution in [1.82, 2.24) is 4.98 Å². The summed E-state index contributed by atoms with van der Waals surface area (Å²) in [5, 5.41) is 0. The molecule has 0 saturated carbocycles. The molecule has 1 aromatic heterocycles. The number of anilines is 1. The predicted octanol–water partition coefficient (Wildman–Crippen LogP) is 2.09. The Morgan fingerprint density at radius 2 is 1.68 bits per heavy atom. The Bertz CT molecular complexity index is 470. The van der Waals surface area contributed by atoms with Gasteiger partial charge in [0.1, 0.15) is 5.82 Å². The van der Waals surface area contributed by atoms with E-state index >= 15 is 0 Å². The van der Waals surface area contributed by atoms with Crippen LogP contribution in [0.2, 0.25) is 0 Å². The Kier molecular flexibility index (Phi) is 3.39. The van der Waals surface area contributed by atoms with Crippen molar-refractivity contribution in [3.8, 4) is 0 Å². The van der Waals surface area contributed by atoms with Crippen molar-refractivity contribution in [2.24, 2.45) is 0 Å². The van der Waals surface area contributed by atoms with Gasteiger partial charge in [0.2, 0.25) is 0 Å². The first-order valence-corrected chi connectivity index (χ1v) is 6.75. The molecule has 1 aromatic rings. The molecule has 2 heterocycles. The van der Waals surface area contributed by atoms with E-state index in [4.69, 9.17) is 15.0 Å². The molecule has 2 N–H and O–H groups in total. The van der Waals surface area contributed by atoms with Crippen LogP contribution in [-0.2, 0) is 9.31 Å². The fourth-order valence-corrected chi connectivity index (χ4v) is 2.17. The molecule has 0 atom stereocenters. The van der Waals surface area contributed by atoms with E-state index in [2.05, 4.69) is 18.8 Å². The summed E-state index contributed by atoms with van der Waals surface area (Å²) in [5.41, 5.74) is 7.20. The van der Waals surface area contributed by atoms with Crippen LogP contribution in [-0.4, -0.2) is 23.3 Å². The minimum atomic E-state index is -0.379. The summed E-state index contributed by atoms with van der Waals surface area (Å²) in [6.45, 7) is 12.5. The second-order valence-corrected chi connectivity index (χ2v) is 6.48. The predicted molar refractivity (Wildman–Crippen MR) is 78.5 cm³/mol. The van der Waals surface area contributed by atoms with Gasteiger partial charge in [-0.1, -0.05) is 13.8 Å². The molecule has 1 aliphatic rings. The lowest BCUT2D eigenvalue weighted by molar-refractivity contribution is 0.00578. The summed E-state index contributed by atoms with van der Waals surface area (Å²) in [6.07, 6.45) is 1.77. The van der Waals surface area contributed by atoms with Gasteiger partial charge in [-0.15, -0.1) is 0 Å². The number of nitrogens with zero attached hydrogens (tertiary/aromatic N) is 1. The van der Waals surface area contributed by atoms with Gasteiger partial charge < -0.3 is 15.0 Å². The van der Waals surface area contributed by atoms with Crippen LogP contribution < -0.4 is 11.2 Å². The molecular formula is C14H23BN2O2. The van der Waals surface area contributed by atoms with Crippen LogP contribution in [0.3, 0.4) is 0 Å². The second-order valence-electron chi connectivity index (χ2n) is 6.48. The highest BCUT2D eigenvalue weighted by Crippen LogP contribution is 2.37. The number of aromatic nitrogens is 1. The molecule has 0 aromatic carbocycles. The molecule has 0 aliphatic carbocycles. The standard InChI is InChI=1S/C14H23BN2O2/c1-9(2)10-7-12(16)17-8-11(10)15-18-13(3,4)14(5,6)19-15/h7-9H,1-6H3,(H2,16,17). The third kappa shape index (κ3) is 2.49. The smallest absolute Gasteiger partial charge is 0.399 e. The quantitative estimate of drug-likeness (QED) is 0.829. The molecule has 4 nitrogen and oxygen atoms in total. The summed E-state index contributed by atoms with van der Waals surface area (Å²) in [7, 11) is -0.379. The van der Waals surface area contributed by atoms with Gasteiger partial charge in [-0.05, 0) is 45.2 Å². The Morgan fingerprint density at radius 3 is 2.16 bits per heavy atom. The first-order chi connectivity index (χ1) is 8.64. The number of hydrogen-bond acceptors (Lipinski definition) is 4. The van der Waals surface area contributed by atoms with Gasteiger partial charge in [0, 0.05) is 11.7 Å². The summed E-state index contributed by atoms with van der Waals surface area (Å²) in [6, 6.07) is 1.91. The van der Waals surface area contributed by atoms with Crippen LogP contribution in [0.5, 0.6) is 0 Å². The Balaban J connectivity index is 2.39. The molecule has 0 spiro atoms. The van der Waals surface area contributed by atoms with E-state index in [1.54, 1.807) is 6.20 Å². The molecule has 19 heavy (non-hydrogen) atoms. The van der Waals surface area contributed by atoms with Crippen molar-refractivity contribution in [3.05, 3.63) is 17.8 Å². The van der Waals surface area contributed by atoms with Crippen molar-refractivity contribution in [3.63, 3.8) is 0 Å². The normalized spacial score (nSPS) is 21.1. The minimum Gasteiger partial charge on any atom is -0.399 e. The third-order valence-corrected chi connectivity index (χ3v) is 4.12. The second kappa shape index (κ2) is 4.49. The van der Waals surface area contributed by atoms with Gasteiger partial charge in [-0.2, -0.15) is 0 Å². The Labute approximate surface area is 115 Å². The van der Waals surface area contributed by atoms with E-state index in [9.17, 15) is 0 Å². The first kappa shape index (κ1) is 14.3. The number of rotatable bonds is 2. The zero-order chi connectivity index (χ0) is 14.4. The average molecular weight is 262 g/mol.